The quantitative estimate of drug-likeness (QED) is 0.336. The number of halogens is 4. The van der Waals surface area contributed by atoms with Gasteiger partial charge in [0.2, 0.25) is 11.8 Å². The first-order valence-corrected chi connectivity index (χ1v) is 11.4. The number of ether oxygens (including phenoxy) is 1. The molecule has 3 aromatic heterocycles. The number of aromatic nitrogens is 5. The lowest BCUT2D eigenvalue weighted by molar-refractivity contribution is -0.137. The summed E-state index contributed by atoms with van der Waals surface area (Å²) >= 11 is 0. The second-order valence-electron chi connectivity index (χ2n) is 8.28. The molecule has 0 spiro atoms. The van der Waals surface area contributed by atoms with Crippen LogP contribution in [0.5, 0.6) is 5.88 Å². The monoisotopic (exact) mass is 498 g/mol. The lowest BCUT2D eigenvalue weighted by Crippen LogP contribution is -2.16. The Hall–Kier alpha value is -4.02. The van der Waals surface area contributed by atoms with Gasteiger partial charge in [-0.05, 0) is 49.7 Å². The van der Waals surface area contributed by atoms with Crippen molar-refractivity contribution >= 4 is 5.95 Å². The number of hydrogen-bond acceptors (Lipinski definition) is 6. The third-order valence-corrected chi connectivity index (χ3v) is 5.89. The first kappa shape index (κ1) is 23.7. The molecule has 0 saturated heterocycles. The van der Waals surface area contributed by atoms with Crippen LogP contribution in [0.25, 0.3) is 22.6 Å². The Balaban J connectivity index is 1.50. The number of anilines is 1. The highest BCUT2D eigenvalue weighted by atomic mass is 19.4. The number of rotatable bonds is 7. The molecule has 0 amide bonds. The molecule has 5 rings (SSSR count). The predicted molar refractivity (Wildman–Crippen MR) is 125 cm³/mol. The summed E-state index contributed by atoms with van der Waals surface area (Å²) in [4.78, 5) is 17.6. The van der Waals surface area contributed by atoms with Gasteiger partial charge in [-0.15, -0.1) is 0 Å². The lowest BCUT2D eigenvalue weighted by atomic mass is 10.1. The van der Waals surface area contributed by atoms with Crippen LogP contribution in [0.4, 0.5) is 23.5 Å². The summed E-state index contributed by atoms with van der Waals surface area (Å²) in [6.45, 7) is 2.78. The summed E-state index contributed by atoms with van der Waals surface area (Å²) in [7, 11) is 0. The van der Waals surface area contributed by atoms with Gasteiger partial charge < -0.3 is 14.6 Å². The van der Waals surface area contributed by atoms with Gasteiger partial charge in [-0.1, -0.05) is 0 Å². The van der Waals surface area contributed by atoms with Crippen molar-refractivity contribution in [2.24, 2.45) is 0 Å². The van der Waals surface area contributed by atoms with Crippen LogP contribution in [0.2, 0.25) is 0 Å². The van der Waals surface area contributed by atoms with Crippen molar-refractivity contribution in [3.05, 3.63) is 72.1 Å². The zero-order valence-electron chi connectivity index (χ0n) is 19.3. The van der Waals surface area contributed by atoms with E-state index in [-0.39, 0.29) is 24.3 Å². The minimum absolute atomic E-state index is 0.105. The zero-order chi connectivity index (χ0) is 25.3. The number of fused-ring (bicyclic) bond motifs is 1. The van der Waals surface area contributed by atoms with Crippen molar-refractivity contribution in [3.8, 4) is 28.5 Å². The topological polar surface area (TPSA) is 77.8 Å². The molecule has 1 atom stereocenters. The second kappa shape index (κ2) is 9.56. The molecule has 0 bridgehead atoms. The number of nitrogens with one attached hydrogen (secondary N) is 1. The smallest absolute Gasteiger partial charge is 0.417 e. The minimum atomic E-state index is -4.46. The molecule has 1 aliphatic rings. The first-order chi connectivity index (χ1) is 17.3. The van der Waals surface area contributed by atoms with Crippen molar-refractivity contribution in [1.82, 2.24) is 24.5 Å². The highest BCUT2D eigenvalue weighted by molar-refractivity contribution is 5.78. The van der Waals surface area contributed by atoms with E-state index in [1.165, 1.54) is 18.2 Å². The molecule has 0 unspecified atom stereocenters. The van der Waals surface area contributed by atoms with Crippen molar-refractivity contribution in [1.29, 1.82) is 0 Å². The first-order valence-electron chi connectivity index (χ1n) is 11.4. The number of imidazole rings is 1. The van der Waals surface area contributed by atoms with Crippen molar-refractivity contribution in [2.45, 2.75) is 32.0 Å². The summed E-state index contributed by atoms with van der Waals surface area (Å²) in [5.41, 5.74) is 1.94. The van der Waals surface area contributed by atoms with Gasteiger partial charge in [-0.2, -0.15) is 13.2 Å². The fourth-order valence-electron chi connectivity index (χ4n) is 4.23. The SMILES string of the molecule is CCNc1nccc(-c2c(-c3ccc(F)cc3)nc3n2[C@H](COc2ccc(C(F)(F)F)cn2)CC3)n1. The van der Waals surface area contributed by atoms with Crippen LogP contribution in [0.15, 0.2) is 54.9 Å². The molecule has 4 heterocycles. The van der Waals surface area contributed by atoms with Gasteiger partial charge in [0.05, 0.1) is 28.7 Å². The molecule has 0 saturated carbocycles. The van der Waals surface area contributed by atoms with Crippen molar-refractivity contribution < 1.29 is 22.3 Å². The molecular weight excluding hydrogens is 476 g/mol. The summed E-state index contributed by atoms with van der Waals surface area (Å²) in [5, 5.41) is 3.10. The fraction of sp³-hybridized carbons (Fsp3) is 0.280. The van der Waals surface area contributed by atoms with Crippen LogP contribution in [0, 0.1) is 5.82 Å². The number of alkyl halides is 3. The molecule has 0 aliphatic carbocycles. The third-order valence-electron chi connectivity index (χ3n) is 5.89. The molecule has 4 aromatic rings. The molecular formula is C25H22F4N6O. The number of nitrogens with zero attached hydrogens (tertiary/aromatic N) is 5. The molecule has 36 heavy (non-hydrogen) atoms. The normalized spacial score (nSPS) is 15.1. The van der Waals surface area contributed by atoms with Crippen LogP contribution < -0.4 is 10.1 Å². The lowest BCUT2D eigenvalue weighted by Gasteiger charge is -2.18. The Morgan fingerprint density at radius 3 is 2.56 bits per heavy atom. The fourth-order valence-corrected chi connectivity index (χ4v) is 4.23. The van der Waals surface area contributed by atoms with E-state index in [1.54, 1.807) is 24.4 Å². The molecule has 1 aliphatic heterocycles. The Bertz CT molecular complexity index is 1350. The van der Waals surface area contributed by atoms with Crippen LogP contribution in [0.1, 0.15) is 30.8 Å². The molecule has 1 N–H and O–H groups in total. The van der Waals surface area contributed by atoms with Gasteiger partial charge in [0, 0.05) is 37.0 Å². The van der Waals surface area contributed by atoms with Gasteiger partial charge in [0.1, 0.15) is 18.2 Å². The van der Waals surface area contributed by atoms with E-state index in [0.29, 0.717) is 30.3 Å². The summed E-state index contributed by atoms with van der Waals surface area (Å²) < 4.78 is 59.9. The molecule has 186 valence electrons. The van der Waals surface area contributed by atoms with E-state index < -0.39 is 11.7 Å². The highest BCUT2D eigenvalue weighted by Gasteiger charge is 2.32. The molecule has 0 radical (unpaired) electrons. The van der Waals surface area contributed by atoms with E-state index >= 15 is 0 Å². The Morgan fingerprint density at radius 2 is 1.86 bits per heavy atom. The van der Waals surface area contributed by atoms with Crippen molar-refractivity contribution in [2.75, 3.05) is 18.5 Å². The number of aryl methyl sites for hydroxylation is 1. The Labute approximate surface area is 204 Å². The van der Waals surface area contributed by atoms with Gasteiger partial charge >= 0.3 is 6.18 Å². The number of hydrogen-bond donors (Lipinski definition) is 1. The zero-order valence-corrected chi connectivity index (χ0v) is 19.3. The second-order valence-corrected chi connectivity index (χ2v) is 8.28. The predicted octanol–water partition coefficient (Wildman–Crippen LogP) is 5.56. The van der Waals surface area contributed by atoms with Gasteiger partial charge in [-0.25, -0.2) is 24.3 Å². The van der Waals surface area contributed by atoms with E-state index in [0.717, 1.165) is 35.8 Å². The van der Waals surface area contributed by atoms with Gasteiger partial charge in [0.25, 0.3) is 0 Å². The summed E-state index contributed by atoms with van der Waals surface area (Å²) in [5.74, 6) is 1.05. The van der Waals surface area contributed by atoms with Crippen LogP contribution in [-0.4, -0.2) is 37.7 Å². The average molecular weight is 498 g/mol. The average Bonchev–Trinajstić information content (AvgIpc) is 3.43. The Kier molecular flexibility index (Phi) is 6.29. The summed E-state index contributed by atoms with van der Waals surface area (Å²) in [6, 6.07) is 9.88. The molecule has 11 heteroatoms. The van der Waals surface area contributed by atoms with Crippen LogP contribution in [0.3, 0.4) is 0 Å². The van der Waals surface area contributed by atoms with Crippen molar-refractivity contribution in [3.63, 3.8) is 0 Å². The summed E-state index contributed by atoms with van der Waals surface area (Å²) in [6.07, 6.45) is -0.648. The number of pyridine rings is 1. The highest BCUT2D eigenvalue weighted by Crippen LogP contribution is 2.39. The number of benzene rings is 1. The minimum Gasteiger partial charge on any atom is -0.475 e. The van der Waals surface area contributed by atoms with E-state index in [2.05, 4.69) is 20.3 Å². The van der Waals surface area contributed by atoms with Crippen LogP contribution in [-0.2, 0) is 12.6 Å². The maximum Gasteiger partial charge on any atom is 0.417 e. The van der Waals surface area contributed by atoms with Crippen LogP contribution >= 0.6 is 0 Å². The largest absolute Gasteiger partial charge is 0.475 e. The molecule has 0 fully saturated rings. The molecule has 1 aromatic carbocycles. The van der Waals surface area contributed by atoms with E-state index in [1.807, 2.05) is 11.5 Å². The maximum absolute atomic E-state index is 13.6. The Morgan fingerprint density at radius 1 is 1.06 bits per heavy atom. The third kappa shape index (κ3) is 4.73. The van der Waals surface area contributed by atoms with E-state index in [9.17, 15) is 17.6 Å². The maximum atomic E-state index is 13.6. The van der Waals surface area contributed by atoms with Gasteiger partial charge in [0.15, 0.2) is 0 Å². The van der Waals surface area contributed by atoms with Gasteiger partial charge in [-0.3, -0.25) is 0 Å². The standard InChI is InChI=1S/C25H22F4N6O/c1-2-30-24-31-12-11-19(33-24)23-22(15-3-6-17(26)7-4-15)34-20-9-8-18(35(20)23)14-36-21-10-5-16(13-32-21)25(27,28)29/h3-7,10-13,18H,2,8-9,14H2,1H3,(H,30,31,33)/t18-/m0/s1. The van der Waals surface area contributed by atoms with E-state index in [4.69, 9.17) is 9.72 Å². The molecule has 7 nitrogen and oxygen atoms in total.